The Hall–Kier alpha value is -0.760. The molecule has 5 fully saturated rings. The van der Waals surface area contributed by atoms with Crippen molar-refractivity contribution in [3.63, 3.8) is 0 Å². The van der Waals surface area contributed by atoms with Crippen molar-refractivity contribution in [1.29, 1.82) is 0 Å². The highest BCUT2D eigenvalue weighted by Crippen LogP contribution is 2.68. The van der Waals surface area contributed by atoms with Crippen LogP contribution in [-0.4, -0.2) is 101 Å². The van der Waals surface area contributed by atoms with Crippen molar-refractivity contribution < 1.29 is 18.9 Å². The molecule has 372 valence electrons. The fourth-order valence-corrected chi connectivity index (χ4v) is 14.3. The van der Waals surface area contributed by atoms with Crippen LogP contribution in [0.1, 0.15) is 202 Å². The minimum Gasteiger partial charge on any atom is -0.379 e. The van der Waals surface area contributed by atoms with E-state index in [1.165, 1.54) is 148 Å². The smallest absolute Gasteiger partial charge is 0.0936 e. The van der Waals surface area contributed by atoms with Crippen LogP contribution in [0.3, 0.4) is 0 Å². The van der Waals surface area contributed by atoms with Gasteiger partial charge in [-0.3, -0.25) is 4.90 Å². The summed E-state index contributed by atoms with van der Waals surface area (Å²) < 4.78 is 25.4. The summed E-state index contributed by atoms with van der Waals surface area (Å²) in [6.45, 7) is 22.5. The van der Waals surface area contributed by atoms with Crippen LogP contribution in [0.4, 0.5) is 0 Å². The SMILES string of the molecule is CCCCC/C=C\C/C=C\CCCCCCCCOCC(CN1CC[C@@H](N(C)C)C1)OCCOCCO[C@H]1CC[C@@]2(C)C(CCC3C2CC[C@@]2(C)C3CC[C@@H]2[C@H](C)CCCC(C)C)C1. The van der Waals surface area contributed by atoms with Crippen LogP contribution in [0.5, 0.6) is 0 Å². The Balaban J connectivity index is 0.919. The van der Waals surface area contributed by atoms with Crippen LogP contribution >= 0.6 is 0 Å². The first-order valence-corrected chi connectivity index (χ1v) is 28.1. The molecule has 5 rings (SSSR count). The molecule has 1 heterocycles. The summed E-state index contributed by atoms with van der Waals surface area (Å²) in [5.74, 6) is 6.41. The second-order valence-corrected chi connectivity index (χ2v) is 23.4. The average Bonchev–Trinajstić information content (AvgIpc) is 3.90. The summed E-state index contributed by atoms with van der Waals surface area (Å²) in [7, 11) is 4.42. The Morgan fingerprint density at radius 1 is 0.672 bits per heavy atom. The van der Waals surface area contributed by atoms with E-state index < -0.39 is 0 Å². The molecule has 1 aliphatic heterocycles. The van der Waals surface area contributed by atoms with Gasteiger partial charge >= 0.3 is 0 Å². The first-order valence-electron chi connectivity index (χ1n) is 28.1. The Morgan fingerprint density at radius 3 is 2.14 bits per heavy atom. The highest BCUT2D eigenvalue weighted by atomic mass is 16.6. The van der Waals surface area contributed by atoms with Gasteiger partial charge in [-0.1, -0.05) is 124 Å². The molecule has 0 bridgehead atoms. The second-order valence-electron chi connectivity index (χ2n) is 23.4. The predicted molar refractivity (Wildman–Crippen MR) is 272 cm³/mol. The third-order valence-corrected chi connectivity index (χ3v) is 18.2. The van der Waals surface area contributed by atoms with E-state index in [4.69, 9.17) is 18.9 Å². The summed E-state index contributed by atoms with van der Waals surface area (Å²) >= 11 is 0. The summed E-state index contributed by atoms with van der Waals surface area (Å²) in [5.41, 5.74) is 1.11. The zero-order valence-electron chi connectivity index (χ0n) is 43.7. The number of ether oxygens (including phenoxy) is 4. The molecule has 0 aromatic rings. The molecule has 4 aliphatic carbocycles. The van der Waals surface area contributed by atoms with Crippen LogP contribution in [0.15, 0.2) is 24.3 Å². The lowest BCUT2D eigenvalue weighted by atomic mass is 9.44. The zero-order chi connectivity index (χ0) is 45.6. The van der Waals surface area contributed by atoms with Gasteiger partial charge in [-0.2, -0.15) is 0 Å². The van der Waals surface area contributed by atoms with Crippen LogP contribution < -0.4 is 0 Å². The normalized spacial score (nSPS) is 31.9. The van der Waals surface area contributed by atoms with E-state index in [0.717, 1.165) is 80.5 Å². The maximum Gasteiger partial charge on any atom is 0.0936 e. The molecule has 0 radical (unpaired) electrons. The van der Waals surface area contributed by atoms with E-state index in [9.17, 15) is 0 Å². The van der Waals surface area contributed by atoms with E-state index in [2.05, 4.69) is 89.7 Å². The van der Waals surface area contributed by atoms with Crippen molar-refractivity contribution in [2.45, 2.75) is 220 Å². The number of unbranched alkanes of at least 4 members (excludes halogenated alkanes) is 9. The number of likely N-dealkylation sites (tertiary alicyclic amines) is 1. The Kier molecular flexibility index (Phi) is 24.8. The van der Waals surface area contributed by atoms with Crippen molar-refractivity contribution >= 4 is 0 Å². The molecule has 1 saturated heterocycles. The van der Waals surface area contributed by atoms with Gasteiger partial charge in [-0.15, -0.1) is 0 Å². The third-order valence-electron chi connectivity index (χ3n) is 18.2. The van der Waals surface area contributed by atoms with E-state index in [0.29, 0.717) is 56.0 Å². The molecule has 0 spiro atoms. The van der Waals surface area contributed by atoms with Crippen LogP contribution in [-0.2, 0) is 18.9 Å². The Labute approximate surface area is 397 Å². The van der Waals surface area contributed by atoms with Gasteiger partial charge in [0.1, 0.15) is 0 Å². The Bertz CT molecular complexity index is 1290. The van der Waals surface area contributed by atoms with Gasteiger partial charge < -0.3 is 23.8 Å². The number of rotatable bonds is 33. The first kappa shape index (κ1) is 54.2. The van der Waals surface area contributed by atoms with Gasteiger partial charge in [-0.25, -0.2) is 0 Å². The lowest BCUT2D eigenvalue weighted by molar-refractivity contribution is -0.139. The molecule has 0 aromatic heterocycles. The second kappa shape index (κ2) is 29.3. The minimum absolute atomic E-state index is 0.0909. The summed E-state index contributed by atoms with van der Waals surface area (Å²) in [6, 6.07) is 0.637. The van der Waals surface area contributed by atoms with Crippen LogP contribution in [0.25, 0.3) is 0 Å². The first-order chi connectivity index (χ1) is 31.0. The number of hydrogen-bond donors (Lipinski definition) is 0. The lowest BCUT2D eigenvalue weighted by Crippen LogP contribution is -2.54. The molecule has 0 N–H and O–H groups in total. The van der Waals surface area contributed by atoms with Crippen molar-refractivity contribution in [3.05, 3.63) is 24.3 Å². The molecular weight excluding hydrogens is 789 g/mol. The number of likely N-dealkylation sites (N-methyl/N-ethyl adjacent to an activating group) is 1. The molecule has 5 aliphatic rings. The molecular formula is C58H106N2O4. The van der Waals surface area contributed by atoms with Gasteiger partial charge in [0, 0.05) is 25.7 Å². The monoisotopic (exact) mass is 895 g/mol. The summed E-state index contributed by atoms with van der Waals surface area (Å²) in [4.78, 5) is 4.94. The van der Waals surface area contributed by atoms with Crippen molar-refractivity contribution in [2.75, 3.05) is 73.4 Å². The van der Waals surface area contributed by atoms with Crippen LogP contribution in [0, 0.1) is 52.3 Å². The van der Waals surface area contributed by atoms with Gasteiger partial charge in [0.15, 0.2) is 0 Å². The van der Waals surface area contributed by atoms with Gasteiger partial charge in [0.2, 0.25) is 0 Å². The molecule has 0 amide bonds. The predicted octanol–water partition coefficient (Wildman–Crippen LogP) is 14.4. The molecule has 6 nitrogen and oxygen atoms in total. The average molecular weight is 895 g/mol. The maximum atomic E-state index is 6.58. The fraction of sp³-hybridized carbons (Fsp3) is 0.931. The highest BCUT2D eigenvalue weighted by Gasteiger charge is 2.60. The maximum absolute atomic E-state index is 6.58. The van der Waals surface area contributed by atoms with Gasteiger partial charge in [-0.05, 0) is 176 Å². The third kappa shape index (κ3) is 17.0. The van der Waals surface area contributed by atoms with E-state index in [1.807, 2.05) is 0 Å². The molecule has 6 heteroatoms. The van der Waals surface area contributed by atoms with Crippen molar-refractivity contribution in [1.82, 2.24) is 9.80 Å². The standard InChI is InChI=1S/C58H106N2O4/c1-9-10-11-12-13-14-15-16-17-18-19-20-21-22-23-24-38-62-46-52(45-60-37-34-50(44-60)59(7)8)64-42-40-61-39-41-63-51-32-35-57(5)49(43-51)28-29-53-55-31-30-54(48(4)27-25-26-47(2)3)58(55,6)36-33-56(53)57/h13-14,16-17,47-56H,9-12,15,18-46H2,1-8H3/b14-13-,17-16-/t48-,49?,50-,51+,52?,53?,54-,55?,56?,57+,58-/m1/s1. The fourth-order valence-electron chi connectivity index (χ4n) is 14.3. The van der Waals surface area contributed by atoms with Crippen molar-refractivity contribution in [2.24, 2.45) is 52.3 Å². The quantitative estimate of drug-likeness (QED) is 0.0483. The minimum atomic E-state index is 0.0909. The molecule has 4 saturated carbocycles. The van der Waals surface area contributed by atoms with Gasteiger partial charge in [0.25, 0.3) is 0 Å². The number of hydrogen-bond acceptors (Lipinski definition) is 6. The highest BCUT2D eigenvalue weighted by molar-refractivity contribution is 5.10. The lowest BCUT2D eigenvalue weighted by Gasteiger charge is -2.61. The molecule has 64 heavy (non-hydrogen) atoms. The molecule has 5 unspecified atom stereocenters. The van der Waals surface area contributed by atoms with E-state index in [1.54, 1.807) is 0 Å². The molecule has 11 atom stereocenters. The largest absolute Gasteiger partial charge is 0.379 e. The number of allylic oxidation sites excluding steroid dienone is 4. The van der Waals surface area contributed by atoms with Gasteiger partial charge in [0.05, 0.1) is 45.2 Å². The number of nitrogens with zero attached hydrogens (tertiary/aromatic N) is 2. The zero-order valence-corrected chi connectivity index (χ0v) is 43.7. The van der Waals surface area contributed by atoms with Crippen LogP contribution in [0.2, 0.25) is 0 Å². The Morgan fingerprint density at radius 2 is 1.39 bits per heavy atom. The summed E-state index contributed by atoms with van der Waals surface area (Å²) in [6.07, 6.45) is 43.4. The molecule has 0 aromatic carbocycles. The number of fused-ring (bicyclic) bond motifs is 5. The van der Waals surface area contributed by atoms with E-state index in [-0.39, 0.29) is 6.10 Å². The summed E-state index contributed by atoms with van der Waals surface area (Å²) in [5, 5.41) is 0. The van der Waals surface area contributed by atoms with E-state index >= 15 is 0 Å². The van der Waals surface area contributed by atoms with Crippen molar-refractivity contribution in [3.8, 4) is 0 Å². The topological polar surface area (TPSA) is 43.4 Å².